The number of nitrogens with one attached hydrogen (secondary N) is 1. The first-order chi connectivity index (χ1) is 25.1. The molecule has 3 aromatic carbocycles. The van der Waals surface area contributed by atoms with Crippen LogP contribution in [0.4, 0.5) is 5.69 Å². The van der Waals surface area contributed by atoms with Crippen molar-refractivity contribution in [3.05, 3.63) is 126 Å². The fraction of sp³-hybridized carbons (Fsp3) is 0.381. The molecule has 6 rings (SSSR count). The molecule has 2 bridgehead atoms. The van der Waals surface area contributed by atoms with Crippen LogP contribution >= 0.6 is 0 Å². The predicted octanol–water partition coefficient (Wildman–Crippen LogP) is 5.30. The molecule has 10 nitrogen and oxygen atoms in total. The van der Waals surface area contributed by atoms with E-state index in [1.54, 1.807) is 17.1 Å². The first-order valence-corrected chi connectivity index (χ1v) is 17.9. The third kappa shape index (κ3) is 6.80. The van der Waals surface area contributed by atoms with E-state index in [0.29, 0.717) is 36.1 Å². The van der Waals surface area contributed by atoms with Crippen LogP contribution in [0.3, 0.4) is 0 Å². The number of anilines is 1. The maximum atomic E-state index is 15.2. The Labute approximate surface area is 305 Å². The molecule has 3 aliphatic heterocycles. The lowest BCUT2D eigenvalue weighted by Crippen LogP contribution is -2.57. The van der Waals surface area contributed by atoms with Gasteiger partial charge in [-0.05, 0) is 61.4 Å². The van der Waals surface area contributed by atoms with Gasteiger partial charge in [-0.2, -0.15) is 0 Å². The van der Waals surface area contributed by atoms with E-state index in [9.17, 15) is 19.5 Å². The van der Waals surface area contributed by atoms with Gasteiger partial charge in [-0.3, -0.25) is 19.2 Å². The second kappa shape index (κ2) is 15.7. The standard InChI is InChI=1S/C42H47N3O7/c1-5-7-18-35(47)43-25-34(30-16-12-9-13-17-30)51-41(50)36-33-21-22-42(52-33)37(36)39(48)45(32(26-46)29-14-10-8-11-15-29)38(42)40(49)44(23-6-2)31-24-27(3)19-20-28(31)4/h5-6,8-17,19-20,24,32-34,36-38,46H,1-2,7,18,21-23,25-26H2,3-4H3,(H,43,47)/t32-,33-,34-,36+,37+,38-,42+/m1/s1. The molecule has 0 aliphatic carbocycles. The number of carbonyl (C=O) groups is 4. The Morgan fingerprint density at radius 2 is 1.73 bits per heavy atom. The van der Waals surface area contributed by atoms with Gasteiger partial charge in [-0.1, -0.05) is 84.9 Å². The van der Waals surface area contributed by atoms with E-state index in [0.717, 1.165) is 11.1 Å². The fourth-order valence-corrected chi connectivity index (χ4v) is 8.24. The van der Waals surface area contributed by atoms with Crippen molar-refractivity contribution in [3.8, 4) is 0 Å². The number of aliphatic hydroxyl groups excluding tert-OH is 1. The monoisotopic (exact) mass is 705 g/mol. The molecule has 7 atom stereocenters. The molecule has 2 N–H and O–H groups in total. The van der Waals surface area contributed by atoms with Gasteiger partial charge in [0.25, 0.3) is 5.91 Å². The summed E-state index contributed by atoms with van der Waals surface area (Å²) in [6.07, 6.45) is 3.39. The van der Waals surface area contributed by atoms with E-state index in [1.165, 1.54) is 4.90 Å². The number of aryl methyl sites for hydroxylation is 2. The number of likely N-dealkylation sites (tertiary alicyclic amines) is 1. The summed E-state index contributed by atoms with van der Waals surface area (Å²) in [5.41, 5.74) is 2.50. The zero-order valence-electron chi connectivity index (χ0n) is 29.8. The maximum absolute atomic E-state index is 15.2. The molecule has 0 saturated carbocycles. The molecule has 3 amide bonds. The highest BCUT2D eigenvalue weighted by molar-refractivity contribution is 6.05. The fourth-order valence-electron chi connectivity index (χ4n) is 8.24. The van der Waals surface area contributed by atoms with Gasteiger partial charge in [0.15, 0.2) is 0 Å². The Morgan fingerprint density at radius 3 is 2.38 bits per heavy atom. The molecule has 0 radical (unpaired) electrons. The van der Waals surface area contributed by atoms with Crippen molar-refractivity contribution in [1.82, 2.24) is 10.2 Å². The number of benzene rings is 3. The number of allylic oxidation sites excluding steroid dienone is 1. The largest absolute Gasteiger partial charge is 0.455 e. The highest BCUT2D eigenvalue weighted by Gasteiger charge is 2.76. The predicted molar refractivity (Wildman–Crippen MR) is 197 cm³/mol. The van der Waals surface area contributed by atoms with E-state index in [-0.39, 0.29) is 31.3 Å². The summed E-state index contributed by atoms with van der Waals surface area (Å²) in [5, 5.41) is 13.8. The van der Waals surface area contributed by atoms with Gasteiger partial charge in [0.2, 0.25) is 11.8 Å². The topological polar surface area (TPSA) is 125 Å². The minimum Gasteiger partial charge on any atom is -0.455 e. The third-order valence-electron chi connectivity index (χ3n) is 10.7. The van der Waals surface area contributed by atoms with Crippen LogP contribution in [-0.2, 0) is 28.7 Å². The summed E-state index contributed by atoms with van der Waals surface area (Å²) in [6.45, 7) is 11.2. The molecule has 3 fully saturated rings. The van der Waals surface area contributed by atoms with Crippen molar-refractivity contribution in [2.75, 3.05) is 24.6 Å². The average Bonchev–Trinajstić information content (AvgIpc) is 3.81. The van der Waals surface area contributed by atoms with Crippen LogP contribution in [0, 0.1) is 25.7 Å². The number of carbonyl (C=O) groups excluding carboxylic acids is 4. The lowest BCUT2D eigenvalue weighted by molar-refractivity contribution is -0.161. The smallest absolute Gasteiger partial charge is 0.313 e. The maximum Gasteiger partial charge on any atom is 0.313 e. The minimum absolute atomic E-state index is 0.0356. The number of aliphatic hydroxyl groups is 1. The SMILES string of the molecule is C=CCCC(=O)NC[C@@H](OC(=O)[C@@H]1[C@H]2C(=O)N([C@H](CO)c3ccccc3)[C@H](C(=O)N(CC=C)c3cc(C)ccc3C)[C@]23CC[C@H]1O3)c1ccccc1. The molecule has 3 aliphatic rings. The number of nitrogens with zero attached hydrogens (tertiary/aromatic N) is 2. The van der Waals surface area contributed by atoms with Gasteiger partial charge in [0.1, 0.15) is 17.7 Å². The van der Waals surface area contributed by atoms with Crippen molar-refractivity contribution < 1.29 is 33.8 Å². The number of hydrogen-bond acceptors (Lipinski definition) is 7. The van der Waals surface area contributed by atoms with Gasteiger partial charge in [0, 0.05) is 18.7 Å². The van der Waals surface area contributed by atoms with E-state index in [2.05, 4.69) is 18.5 Å². The zero-order chi connectivity index (χ0) is 37.0. The summed E-state index contributed by atoms with van der Waals surface area (Å²) in [4.78, 5) is 60.1. The summed E-state index contributed by atoms with van der Waals surface area (Å²) in [6, 6.07) is 22.0. The second-order valence-corrected chi connectivity index (χ2v) is 13.9. The lowest BCUT2D eigenvalue weighted by atomic mass is 9.70. The van der Waals surface area contributed by atoms with Gasteiger partial charge in [0.05, 0.1) is 37.1 Å². The molecule has 10 heteroatoms. The van der Waals surface area contributed by atoms with Crippen molar-refractivity contribution in [1.29, 1.82) is 0 Å². The normalized spacial score (nSPS) is 24.1. The number of rotatable bonds is 15. The Balaban J connectivity index is 1.39. The minimum atomic E-state index is -1.34. The number of esters is 1. The van der Waals surface area contributed by atoms with Crippen molar-refractivity contribution in [3.63, 3.8) is 0 Å². The Morgan fingerprint density at radius 1 is 1.04 bits per heavy atom. The van der Waals surface area contributed by atoms with E-state index in [4.69, 9.17) is 9.47 Å². The highest BCUT2D eigenvalue weighted by atomic mass is 16.6. The Kier molecular flexibility index (Phi) is 11.1. The number of fused-ring (bicyclic) bond motifs is 1. The Hall–Kier alpha value is -5.06. The summed E-state index contributed by atoms with van der Waals surface area (Å²) in [5.74, 6) is -3.70. The number of amides is 3. The third-order valence-corrected chi connectivity index (χ3v) is 10.7. The van der Waals surface area contributed by atoms with Crippen molar-refractivity contribution in [2.45, 2.75) is 69.4 Å². The van der Waals surface area contributed by atoms with E-state index in [1.807, 2.05) is 92.7 Å². The summed E-state index contributed by atoms with van der Waals surface area (Å²) in [7, 11) is 0. The van der Waals surface area contributed by atoms with Crippen LogP contribution in [0.1, 0.15) is 60.1 Å². The molecule has 52 heavy (non-hydrogen) atoms. The van der Waals surface area contributed by atoms with Crippen LogP contribution in [0.15, 0.2) is 104 Å². The van der Waals surface area contributed by atoms with Crippen molar-refractivity contribution in [2.24, 2.45) is 11.8 Å². The van der Waals surface area contributed by atoms with E-state index >= 15 is 4.79 Å². The molecule has 272 valence electrons. The van der Waals surface area contributed by atoms with Gasteiger partial charge < -0.3 is 29.7 Å². The molecular weight excluding hydrogens is 658 g/mol. The zero-order valence-corrected chi connectivity index (χ0v) is 29.8. The van der Waals surface area contributed by atoms with Crippen LogP contribution in [-0.4, -0.2) is 71.1 Å². The molecule has 3 saturated heterocycles. The highest BCUT2D eigenvalue weighted by Crippen LogP contribution is 2.60. The quantitative estimate of drug-likeness (QED) is 0.163. The average molecular weight is 706 g/mol. The first-order valence-electron chi connectivity index (χ1n) is 17.9. The van der Waals surface area contributed by atoms with Crippen molar-refractivity contribution >= 4 is 29.4 Å². The molecular formula is C42H47N3O7. The van der Waals surface area contributed by atoms with Crippen LogP contribution < -0.4 is 10.2 Å². The summed E-state index contributed by atoms with van der Waals surface area (Å²) >= 11 is 0. The lowest BCUT2D eigenvalue weighted by Gasteiger charge is -2.39. The molecule has 3 aromatic rings. The number of ether oxygens (including phenoxy) is 2. The molecule has 0 unspecified atom stereocenters. The van der Waals surface area contributed by atoms with Gasteiger partial charge in [-0.15, -0.1) is 13.2 Å². The Bertz CT molecular complexity index is 1810. The summed E-state index contributed by atoms with van der Waals surface area (Å²) < 4.78 is 12.9. The molecule has 3 heterocycles. The number of hydrogen-bond donors (Lipinski definition) is 2. The van der Waals surface area contributed by atoms with Gasteiger partial charge in [-0.25, -0.2) is 0 Å². The van der Waals surface area contributed by atoms with Crippen LogP contribution in [0.5, 0.6) is 0 Å². The van der Waals surface area contributed by atoms with Gasteiger partial charge >= 0.3 is 5.97 Å². The molecule has 1 spiro atoms. The first kappa shape index (κ1) is 36.7. The van der Waals surface area contributed by atoms with E-state index < -0.39 is 60.2 Å². The molecule has 0 aromatic heterocycles. The van der Waals surface area contributed by atoms with Crippen LogP contribution in [0.25, 0.3) is 0 Å². The second-order valence-electron chi connectivity index (χ2n) is 13.9. The van der Waals surface area contributed by atoms with Crippen LogP contribution in [0.2, 0.25) is 0 Å².